The average Bonchev–Trinajstić information content (AvgIpc) is 2.58. The van der Waals surface area contributed by atoms with E-state index in [1.165, 1.54) is 26.8 Å². The second-order valence-electron chi connectivity index (χ2n) is 7.97. The Balaban J connectivity index is 3.40. The van der Waals surface area contributed by atoms with Crippen molar-refractivity contribution in [2.75, 3.05) is 0 Å². The van der Waals surface area contributed by atoms with E-state index in [0.717, 1.165) is 18.2 Å². The molecule has 33 heavy (non-hydrogen) atoms. The van der Waals surface area contributed by atoms with Crippen molar-refractivity contribution in [2.45, 2.75) is 74.7 Å². The third-order valence-electron chi connectivity index (χ3n) is 4.14. The van der Waals surface area contributed by atoms with Crippen LogP contribution in [0.4, 0.5) is 57.1 Å². The Morgan fingerprint density at radius 1 is 0.697 bits per heavy atom. The van der Waals surface area contributed by atoms with Crippen LogP contribution in [0.5, 0.6) is 5.75 Å². The van der Waals surface area contributed by atoms with Crippen LogP contribution in [0, 0.1) is 0 Å². The minimum absolute atomic E-state index is 0.405. The molecule has 1 aromatic rings. The molecule has 0 bridgehead atoms. The fourth-order valence-corrected chi connectivity index (χ4v) is 2.46. The molecule has 0 saturated carbocycles. The summed E-state index contributed by atoms with van der Waals surface area (Å²) in [5, 5.41) is 9.90. The highest BCUT2D eigenvalue weighted by Crippen LogP contribution is 2.61. The number of hydrogen-bond acceptors (Lipinski definition) is 2. The van der Waals surface area contributed by atoms with E-state index in [2.05, 4.69) is 0 Å². The van der Waals surface area contributed by atoms with E-state index in [1.807, 2.05) is 0 Å². The Morgan fingerprint density at radius 3 is 1.55 bits per heavy atom. The first kappa shape index (κ1) is 29.1. The van der Waals surface area contributed by atoms with Gasteiger partial charge in [0.25, 0.3) is 0 Å². The normalized spacial score (nSPS) is 16.0. The molecule has 2 nitrogen and oxygen atoms in total. The standard InChI is InChI=1S/C18H17F13O2/c1-12(2,3)33-11-7-5-4-6-9(11)10(32)8-13(19,20)14(21,22)15(23,24)16(25,26)17(27,28)18(29,30)31/h4-7,10,32H,8H2,1-3H3. The summed E-state index contributed by atoms with van der Waals surface area (Å²) >= 11 is 0. The third-order valence-corrected chi connectivity index (χ3v) is 4.14. The SMILES string of the molecule is CC(C)(C)Oc1ccccc1C(O)CC(F)(F)C(F)(F)C(F)(F)C(F)(F)C(F)(F)C(F)(F)F. The predicted octanol–water partition coefficient (Wildman–Crippen LogP) is 7.03. The first-order valence-electron chi connectivity index (χ1n) is 8.75. The first-order valence-corrected chi connectivity index (χ1v) is 8.75. The molecule has 1 aromatic carbocycles. The van der Waals surface area contributed by atoms with Crippen LogP contribution in [0.3, 0.4) is 0 Å². The van der Waals surface area contributed by atoms with Crippen molar-refractivity contribution in [3.8, 4) is 5.75 Å². The molecule has 1 rings (SSSR count). The molecular weight excluding hydrogens is 495 g/mol. The van der Waals surface area contributed by atoms with Gasteiger partial charge in [-0.2, -0.15) is 57.1 Å². The molecule has 1 atom stereocenters. The molecule has 0 heterocycles. The molecular formula is C18H17F13O2. The van der Waals surface area contributed by atoms with Crippen LogP contribution in [0.25, 0.3) is 0 Å². The zero-order valence-electron chi connectivity index (χ0n) is 16.9. The lowest BCUT2D eigenvalue weighted by atomic mass is 9.90. The maximum Gasteiger partial charge on any atom is 0.460 e. The number of para-hydroxylation sites is 1. The van der Waals surface area contributed by atoms with Gasteiger partial charge in [0.05, 0.1) is 6.10 Å². The van der Waals surface area contributed by atoms with Crippen molar-refractivity contribution in [1.29, 1.82) is 0 Å². The monoisotopic (exact) mass is 512 g/mol. The van der Waals surface area contributed by atoms with Crippen LogP contribution in [0.1, 0.15) is 38.9 Å². The smallest absolute Gasteiger partial charge is 0.460 e. The summed E-state index contributed by atoms with van der Waals surface area (Å²) in [5.74, 6) is -37.9. The molecule has 0 aliphatic carbocycles. The van der Waals surface area contributed by atoms with Crippen molar-refractivity contribution in [1.82, 2.24) is 0 Å². The molecule has 0 spiro atoms. The number of aliphatic hydroxyl groups excluding tert-OH is 1. The van der Waals surface area contributed by atoms with Gasteiger partial charge in [-0.3, -0.25) is 0 Å². The third kappa shape index (κ3) is 5.11. The Kier molecular flexibility index (Phi) is 7.39. The average molecular weight is 512 g/mol. The fraction of sp³-hybridized carbons (Fsp3) is 0.667. The van der Waals surface area contributed by atoms with E-state index in [4.69, 9.17) is 4.74 Å². The lowest BCUT2D eigenvalue weighted by Gasteiger charge is -2.40. The van der Waals surface area contributed by atoms with Crippen molar-refractivity contribution < 1.29 is 66.9 Å². The molecule has 0 aliphatic heterocycles. The summed E-state index contributed by atoms with van der Waals surface area (Å²) < 4.78 is 177. The highest BCUT2D eigenvalue weighted by molar-refractivity contribution is 5.36. The molecule has 0 aromatic heterocycles. The summed E-state index contributed by atoms with van der Waals surface area (Å²) in [6, 6.07) is 4.17. The second kappa shape index (κ2) is 8.38. The molecule has 0 aliphatic rings. The first-order chi connectivity index (χ1) is 14.3. The van der Waals surface area contributed by atoms with Gasteiger partial charge in [0.1, 0.15) is 11.4 Å². The Labute approximate surface area is 178 Å². The largest absolute Gasteiger partial charge is 0.488 e. The van der Waals surface area contributed by atoms with E-state index in [0.29, 0.717) is 0 Å². The highest BCUT2D eigenvalue weighted by Gasteiger charge is 2.90. The van der Waals surface area contributed by atoms with Crippen molar-refractivity contribution in [3.05, 3.63) is 29.8 Å². The molecule has 0 amide bonds. The summed E-state index contributed by atoms with van der Waals surface area (Å²) in [6.07, 6.45) is -13.0. The quantitative estimate of drug-likeness (QED) is 0.379. The zero-order valence-corrected chi connectivity index (χ0v) is 16.9. The number of benzene rings is 1. The summed E-state index contributed by atoms with van der Waals surface area (Å²) in [5.41, 5.74) is -1.75. The number of rotatable bonds is 8. The number of alkyl halides is 13. The van der Waals surface area contributed by atoms with Gasteiger partial charge in [-0.15, -0.1) is 0 Å². The van der Waals surface area contributed by atoms with Gasteiger partial charge < -0.3 is 9.84 Å². The molecule has 0 radical (unpaired) electrons. The fourth-order valence-electron chi connectivity index (χ4n) is 2.46. The Bertz CT molecular complexity index is 825. The van der Waals surface area contributed by atoms with Crippen LogP contribution < -0.4 is 4.74 Å². The number of hydrogen-bond donors (Lipinski definition) is 1. The predicted molar refractivity (Wildman–Crippen MR) is 87.2 cm³/mol. The minimum atomic E-state index is -7.98. The number of ether oxygens (including phenoxy) is 1. The minimum Gasteiger partial charge on any atom is -0.488 e. The van der Waals surface area contributed by atoms with E-state index >= 15 is 0 Å². The maximum atomic E-state index is 14.0. The van der Waals surface area contributed by atoms with E-state index < -0.39 is 65.2 Å². The van der Waals surface area contributed by atoms with Gasteiger partial charge >= 0.3 is 35.8 Å². The maximum absolute atomic E-state index is 14.0. The van der Waals surface area contributed by atoms with Gasteiger partial charge in [0.2, 0.25) is 0 Å². The molecule has 1 unspecified atom stereocenters. The Hall–Kier alpha value is -1.93. The van der Waals surface area contributed by atoms with Crippen LogP contribution in [-0.4, -0.2) is 46.5 Å². The lowest BCUT2D eigenvalue weighted by molar-refractivity contribution is -0.440. The number of aliphatic hydroxyl groups is 1. The highest BCUT2D eigenvalue weighted by atomic mass is 19.4. The van der Waals surface area contributed by atoms with Gasteiger partial charge in [-0.25, -0.2) is 0 Å². The van der Waals surface area contributed by atoms with Gasteiger partial charge in [-0.1, -0.05) is 18.2 Å². The van der Waals surface area contributed by atoms with Crippen LogP contribution in [0.15, 0.2) is 24.3 Å². The zero-order chi connectivity index (χ0) is 26.5. The van der Waals surface area contributed by atoms with Crippen molar-refractivity contribution in [3.63, 3.8) is 0 Å². The molecule has 15 heteroatoms. The molecule has 192 valence electrons. The summed E-state index contributed by atoms with van der Waals surface area (Å²) in [6.45, 7) is 4.30. The summed E-state index contributed by atoms with van der Waals surface area (Å²) in [4.78, 5) is 0. The van der Waals surface area contributed by atoms with Crippen molar-refractivity contribution in [2.24, 2.45) is 0 Å². The summed E-state index contributed by atoms with van der Waals surface area (Å²) in [7, 11) is 0. The molecule has 1 N–H and O–H groups in total. The molecule has 0 saturated heterocycles. The van der Waals surface area contributed by atoms with Gasteiger partial charge in [0, 0.05) is 12.0 Å². The lowest BCUT2D eigenvalue weighted by Crippen LogP contribution is -2.70. The van der Waals surface area contributed by atoms with Crippen LogP contribution in [0.2, 0.25) is 0 Å². The van der Waals surface area contributed by atoms with E-state index in [-0.39, 0.29) is 0 Å². The number of halogens is 13. The second-order valence-corrected chi connectivity index (χ2v) is 7.97. The van der Waals surface area contributed by atoms with Gasteiger partial charge in [-0.05, 0) is 26.8 Å². The van der Waals surface area contributed by atoms with E-state index in [1.54, 1.807) is 0 Å². The van der Waals surface area contributed by atoms with Gasteiger partial charge in [0.15, 0.2) is 0 Å². The molecule has 0 fully saturated rings. The van der Waals surface area contributed by atoms with E-state index in [9.17, 15) is 62.2 Å². The van der Waals surface area contributed by atoms with Crippen LogP contribution in [-0.2, 0) is 0 Å². The van der Waals surface area contributed by atoms with Crippen molar-refractivity contribution >= 4 is 0 Å². The van der Waals surface area contributed by atoms with Crippen LogP contribution >= 0.6 is 0 Å². The Morgan fingerprint density at radius 2 is 1.12 bits per heavy atom. The topological polar surface area (TPSA) is 29.5 Å².